The van der Waals surface area contributed by atoms with E-state index in [-0.39, 0.29) is 6.03 Å². The van der Waals surface area contributed by atoms with Crippen molar-refractivity contribution in [2.45, 2.75) is 6.92 Å². The second-order valence-electron chi connectivity index (χ2n) is 7.25. The fourth-order valence-electron chi connectivity index (χ4n) is 3.95. The van der Waals surface area contributed by atoms with Gasteiger partial charge in [-0.3, -0.25) is 4.90 Å². The lowest BCUT2D eigenvalue weighted by Gasteiger charge is -2.41. The Bertz CT molecular complexity index is 848. The molecule has 142 valence electrons. The number of likely N-dealkylation sites (N-methyl/N-ethyl adjacent to an activating group) is 1. The van der Waals surface area contributed by atoms with Crippen LogP contribution in [0, 0.1) is 6.92 Å². The van der Waals surface area contributed by atoms with Gasteiger partial charge in [-0.15, -0.1) is 0 Å². The summed E-state index contributed by atoms with van der Waals surface area (Å²) in [7, 11) is 2.04. The molecule has 6 heteroatoms. The fourth-order valence-corrected chi connectivity index (χ4v) is 4.11. The first kappa shape index (κ1) is 18.0. The number of hydrogen-bond acceptors (Lipinski definition) is 3. The molecule has 0 saturated carbocycles. The van der Waals surface area contributed by atoms with Crippen molar-refractivity contribution < 1.29 is 4.79 Å². The molecular weight excluding hydrogens is 360 g/mol. The minimum atomic E-state index is 0.0936. The molecule has 2 aliphatic heterocycles. The van der Waals surface area contributed by atoms with Gasteiger partial charge in [0.1, 0.15) is 0 Å². The highest BCUT2D eigenvalue weighted by Gasteiger charge is 2.30. The molecule has 1 saturated heterocycles. The van der Waals surface area contributed by atoms with Gasteiger partial charge in [-0.2, -0.15) is 0 Å². The monoisotopic (exact) mass is 384 g/mol. The summed E-state index contributed by atoms with van der Waals surface area (Å²) in [6.45, 7) is 6.84. The van der Waals surface area contributed by atoms with Crippen LogP contribution in [0.3, 0.4) is 0 Å². The van der Waals surface area contributed by atoms with Crippen molar-refractivity contribution in [1.29, 1.82) is 0 Å². The molecular formula is C21H25ClN4O. The maximum absolute atomic E-state index is 13.2. The van der Waals surface area contributed by atoms with E-state index in [0.717, 1.165) is 44.1 Å². The topological polar surface area (TPSA) is 30.0 Å². The summed E-state index contributed by atoms with van der Waals surface area (Å²) < 4.78 is 0. The number of carbonyl (C=O) groups excluding carboxylic acids is 1. The first-order valence-electron chi connectivity index (χ1n) is 9.42. The summed E-state index contributed by atoms with van der Waals surface area (Å²) in [6.07, 6.45) is 0. The zero-order valence-electron chi connectivity index (χ0n) is 15.9. The summed E-state index contributed by atoms with van der Waals surface area (Å²) in [5, 5.41) is 0.696. The van der Waals surface area contributed by atoms with E-state index in [1.165, 1.54) is 11.3 Å². The molecule has 0 bridgehead atoms. The van der Waals surface area contributed by atoms with Crippen LogP contribution >= 0.6 is 11.6 Å². The Morgan fingerprint density at radius 3 is 2.37 bits per heavy atom. The molecule has 2 aliphatic rings. The minimum Gasteiger partial charge on any atom is -0.371 e. The van der Waals surface area contributed by atoms with Gasteiger partial charge in [0, 0.05) is 57.0 Å². The smallest absolute Gasteiger partial charge is 0.324 e. The van der Waals surface area contributed by atoms with Crippen LogP contribution in [0.2, 0.25) is 5.02 Å². The maximum Gasteiger partial charge on any atom is 0.324 e. The Morgan fingerprint density at radius 1 is 0.889 bits per heavy atom. The molecule has 2 heterocycles. The molecule has 27 heavy (non-hydrogen) atoms. The number of aryl methyl sites for hydroxylation is 1. The lowest BCUT2D eigenvalue weighted by molar-refractivity contribution is 0.201. The number of hydrogen-bond donors (Lipinski definition) is 0. The van der Waals surface area contributed by atoms with Crippen LogP contribution < -0.4 is 14.7 Å². The van der Waals surface area contributed by atoms with E-state index < -0.39 is 0 Å². The summed E-state index contributed by atoms with van der Waals surface area (Å²) in [5.41, 5.74) is 4.51. The van der Waals surface area contributed by atoms with Gasteiger partial charge in [0.2, 0.25) is 0 Å². The molecule has 0 radical (unpaired) electrons. The van der Waals surface area contributed by atoms with Crippen molar-refractivity contribution >= 4 is 34.7 Å². The molecule has 2 aromatic carbocycles. The number of carbonyl (C=O) groups is 1. The molecule has 1 fully saturated rings. The normalized spacial score (nSPS) is 17.1. The number of anilines is 3. The molecule has 0 N–H and O–H groups in total. The van der Waals surface area contributed by atoms with Crippen LogP contribution in [0.4, 0.5) is 21.9 Å². The second kappa shape index (κ2) is 7.31. The van der Waals surface area contributed by atoms with Crippen LogP contribution in [-0.4, -0.2) is 57.2 Å². The Labute approximate surface area is 165 Å². The van der Waals surface area contributed by atoms with Gasteiger partial charge in [-0.1, -0.05) is 29.8 Å². The summed E-state index contributed by atoms with van der Waals surface area (Å²) in [5.74, 6) is 0. The lowest BCUT2D eigenvalue weighted by Crippen LogP contribution is -2.55. The number of urea groups is 1. The van der Waals surface area contributed by atoms with Gasteiger partial charge in [0.05, 0.1) is 11.4 Å². The number of benzene rings is 2. The van der Waals surface area contributed by atoms with Crippen LogP contribution in [0.1, 0.15) is 5.56 Å². The molecule has 0 atom stereocenters. The van der Waals surface area contributed by atoms with Gasteiger partial charge < -0.3 is 14.7 Å². The Hall–Kier alpha value is -2.40. The largest absolute Gasteiger partial charge is 0.371 e. The lowest BCUT2D eigenvalue weighted by atomic mass is 10.1. The van der Waals surface area contributed by atoms with Crippen LogP contribution in [0.25, 0.3) is 0 Å². The average molecular weight is 385 g/mol. The molecule has 4 rings (SSSR count). The minimum absolute atomic E-state index is 0.0936. The third-order valence-electron chi connectivity index (χ3n) is 5.54. The highest BCUT2D eigenvalue weighted by Crippen LogP contribution is 2.35. The molecule has 2 aromatic rings. The zero-order chi connectivity index (χ0) is 19.0. The van der Waals surface area contributed by atoms with E-state index in [1.54, 1.807) is 0 Å². The van der Waals surface area contributed by atoms with Crippen molar-refractivity contribution in [3.8, 4) is 0 Å². The number of halogens is 1. The number of nitrogens with zero attached hydrogens (tertiary/aromatic N) is 4. The van der Waals surface area contributed by atoms with Gasteiger partial charge in [0.15, 0.2) is 0 Å². The van der Waals surface area contributed by atoms with Crippen LogP contribution in [0.15, 0.2) is 42.5 Å². The number of rotatable bonds is 1. The molecule has 0 aliphatic carbocycles. The Morgan fingerprint density at radius 2 is 1.63 bits per heavy atom. The predicted octanol–water partition coefficient (Wildman–Crippen LogP) is 3.85. The average Bonchev–Trinajstić information content (AvgIpc) is 2.69. The standard InChI is InChI=1S/C21H25ClN4O/c1-16-5-3-4-6-18(16)24-10-12-25(13-11-24)21(27)26-14-9-23(2)20-15-17(22)7-8-19(20)26/h3-8,15H,9-14H2,1-2H3. The third-order valence-corrected chi connectivity index (χ3v) is 5.77. The van der Waals surface area contributed by atoms with Crippen molar-refractivity contribution in [2.75, 3.05) is 61.0 Å². The quantitative estimate of drug-likeness (QED) is 0.748. The molecule has 5 nitrogen and oxygen atoms in total. The second-order valence-corrected chi connectivity index (χ2v) is 7.69. The van der Waals surface area contributed by atoms with E-state index in [0.29, 0.717) is 11.6 Å². The van der Waals surface area contributed by atoms with E-state index in [9.17, 15) is 4.79 Å². The van der Waals surface area contributed by atoms with Crippen molar-refractivity contribution in [3.63, 3.8) is 0 Å². The van der Waals surface area contributed by atoms with Crippen molar-refractivity contribution in [3.05, 3.63) is 53.1 Å². The maximum atomic E-state index is 13.2. The Kier molecular flexibility index (Phi) is 4.87. The van der Waals surface area contributed by atoms with E-state index in [1.807, 2.05) is 35.0 Å². The number of para-hydroxylation sites is 1. The van der Waals surface area contributed by atoms with Gasteiger partial charge >= 0.3 is 6.03 Å². The number of fused-ring (bicyclic) bond motifs is 1. The Balaban J connectivity index is 1.48. The predicted molar refractivity (Wildman–Crippen MR) is 112 cm³/mol. The van der Waals surface area contributed by atoms with Crippen molar-refractivity contribution in [1.82, 2.24) is 4.90 Å². The highest BCUT2D eigenvalue weighted by molar-refractivity contribution is 6.31. The third kappa shape index (κ3) is 3.44. The first-order valence-corrected chi connectivity index (χ1v) is 9.80. The van der Waals surface area contributed by atoms with Gasteiger partial charge in [0.25, 0.3) is 0 Å². The summed E-state index contributed by atoms with van der Waals surface area (Å²) >= 11 is 6.16. The van der Waals surface area contributed by atoms with Gasteiger partial charge in [-0.25, -0.2) is 4.79 Å². The van der Waals surface area contributed by atoms with Crippen molar-refractivity contribution in [2.24, 2.45) is 0 Å². The summed E-state index contributed by atoms with van der Waals surface area (Å²) in [6, 6.07) is 14.3. The molecule has 0 aromatic heterocycles. The zero-order valence-corrected chi connectivity index (χ0v) is 16.6. The SMILES string of the molecule is Cc1ccccc1N1CCN(C(=O)N2CCN(C)c3cc(Cl)ccc32)CC1. The molecule has 2 amide bonds. The summed E-state index contributed by atoms with van der Waals surface area (Å²) in [4.78, 5) is 21.6. The van der Waals surface area contributed by atoms with E-state index >= 15 is 0 Å². The molecule has 0 unspecified atom stereocenters. The van der Waals surface area contributed by atoms with E-state index in [2.05, 4.69) is 41.0 Å². The van der Waals surface area contributed by atoms with Gasteiger partial charge in [-0.05, 0) is 36.8 Å². The molecule has 0 spiro atoms. The van der Waals surface area contributed by atoms with E-state index in [4.69, 9.17) is 11.6 Å². The highest BCUT2D eigenvalue weighted by atomic mass is 35.5. The number of piperazine rings is 1. The fraction of sp³-hybridized carbons (Fsp3) is 0.381. The van der Waals surface area contributed by atoms with Crippen LogP contribution in [0.5, 0.6) is 0 Å². The first-order chi connectivity index (χ1) is 13.0. The number of amides is 2. The van der Waals surface area contributed by atoms with Crippen LogP contribution in [-0.2, 0) is 0 Å².